The molecule has 1 N–H and O–H groups in total. The van der Waals surface area contributed by atoms with Crippen molar-refractivity contribution in [2.24, 2.45) is 11.8 Å². The fraction of sp³-hybridized carbons (Fsp3) is 0.455. The summed E-state index contributed by atoms with van der Waals surface area (Å²) < 4.78 is 5.19. The first-order chi connectivity index (χ1) is 13.1. The summed E-state index contributed by atoms with van der Waals surface area (Å²) in [6.07, 6.45) is 5.11. The molecule has 2 heterocycles. The molecule has 2 atom stereocenters. The van der Waals surface area contributed by atoms with Crippen molar-refractivity contribution in [2.45, 2.75) is 32.1 Å². The van der Waals surface area contributed by atoms with Crippen molar-refractivity contribution in [3.8, 4) is 5.75 Å². The summed E-state index contributed by atoms with van der Waals surface area (Å²) in [5.74, 6) is 3.08. The number of carbonyl (C=O) groups is 1. The highest BCUT2D eigenvalue weighted by Gasteiger charge is 2.43. The lowest BCUT2D eigenvalue weighted by Crippen LogP contribution is -2.33. The fourth-order valence-electron chi connectivity index (χ4n) is 3.82. The van der Waals surface area contributed by atoms with Crippen LogP contribution in [0.15, 0.2) is 42.6 Å². The van der Waals surface area contributed by atoms with Gasteiger partial charge in [-0.05, 0) is 60.9 Å². The molecular weight excluding hydrogens is 338 g/mol. The molecule has 142 valence electrons. The summed E-state index contributed by atoms with van der Waals surface area (Å²) in [4.78, 5) is 19.4. The van der Waals surface area contributed by atoms with Crippen LogP contribution >= 0.6 is 0 Å². The summed E-state index contributed by atoms with van der Waals surface area (Å²) in [6.45, 7) is 4.43. The van der Waals surface area contributed by atoms with Gasteiger partial charge < -0.3 is 15.0 Å². The van der Waals surface area contributed by atoms with Crippen molar-refractivity contribution in [1.29, 1.82) is 0 Å². The van der Waals surface area contributed by atoms with E-state index in [0.29, 0.717) is 5.92 Å². The van der Waals surface area contributed by atoms with E-state index >= 15 is 0 Å². The molecule has 4 rings (SSSR count). The Kier molecular flexibility index (Phi) is 5.01. The summed E-state index contributed by atoms with van der Waals surface area (Å²) >= 11 is 0. The van der Waals surface area contributed by atoms with E-state index < -0.39 is 0 Å². The second-order valence-electron chi connectivity index (χ2n) is 7.79. The van der Waals surface area contributed by atoms with E-state index in [4.69, 9.17) is 4.74 Å². The Morgan fingerprint density at radius 1 is 1.15 bits per heavy atom. The summed E-state index contributed by atoms with van der Waals surface area (Å²) in [5, 5.41) is 3.02. The average molecular weight is 365 g/mol. The second-order valence-corrected chi connectivity index (χ2v) is 7.79. The molecule has 1 amide bonds. The van der Waals surface area contributed by atoms with Crippen molar-refractivity contribution in [3.63, 3.8) is 0 Å². The van der Waals surface area contributed by atoms with E-state index in [2.05, 4.69) is 22.1 Å². The third-order valence-corrected chi connectivity index (χ3v) is 5.79. The molecular formula is C22H27N3O2. The Balaban J connectivity index is 1.32. The lowest BCUT2D eigenvalue weighted by atomic mass is 9.99. The number of anilines is 2. The highest BCUT2D eigenvalue weighted by Crippen LogP contribution is 2.48. The van der Waals surface area contributed by atoms with Crippen LogP contribution in [0, 0.1) is 11.8 Å². The van der Waals surface area contributed by atoms with Crippen molar-refractivity contribution >= 4 is 17.4 Å². The molecule has 1 aliphatic heterocycles. The average Bonchev–Trinajstić information content (AvgIpc) is 3.50. The van der Waals surface area contributed by atoms with Gasteiger partial charge in [0.1, 0.15) is 11.6 Å². The van der Waals surface area contributed by atoms with Gasteiger partial charge in [-0.15, -0.1) is 0 Å². The first-order valence-electron chi connectivity index (χ1n) is 9.80. The van der Waals surface area contributed by atoms with E-state index in [-0.39, 0.29) is 11.8 Å². The monoisotopic (exact) mass is 365 g/mol. The van der Waals surface area contributed by atoms with E-state index in [1.165, 1.54) is 18.4 Å². The van der Waals surface area contributed by atoms with Crippen LogP contribution in [-0.2, 0) is 4.79 Å². The second kappa shape index (κ2) is 7.59. The first kappa shape index (κ1) is 17.8. The minimum atomic E-state index is 0.0432. The third kappa shape index (κ3) is 4.07. The van der Waals surface area contributed by atoms with Crippen molar-refractivity contribution in [3.05, 3.63) is 48.2 Å². The van der Waals surface area contributed by atoms with E-state index in [1.54, 1.807) is 13.3 Å². The molecule has 0 spiro atoms. The summed E-state index contributed by atoms with van der Waals surface area (Å²) in [5.41, 5.74) is 1.97. The first-order valence-corrected chi connectivity index (χ1v) is 9.80. The maximum Gasteiger partial charge on any atom is 0.228 e. The predicted octanol–water partition coefficient (Wildman–Crippen LogP) is 4.07. The Bertz CT molecular complexity index is 780. The molecule has 2 fully saturated rings. The lowest BCUT2D eigenvalue weighted by Gasteiger charge is -2.31. The van der Waals surface area contributed by atoms with Gasteiger partial charge in [-0.25, -0.2) is 4.98 Å². The number of benzene rings is 1. The molecule has 2 unspecified atom stereocenters. The molecule has 1 saturated carbocycles. The quantitative estimate of drug-likeness (QED) is 0.868. The molecule has 2 aliphatic rings. The van der Waals surface area contributed by atoms with Gasteiger partial charge in [0.25, 0.3) is 0 Å². The highest BCUT2D eigenvalue weighted by molar-refractivity contribution is 5.95. The Morgan fingerprint density at radius 3 is 2.52 bits per heavy atom. The summed E-state index contributed by atoms with van der Waals surface area (Å²) in [7, 11) is 1.66. The molecule has 1 aromatic heterocycles. The number of nitrogens with zero attached hydrogens (tertiary/aromatic N) is 2. The standard InChI is InChI=1S/C22H27N3O2/c1-15-9-11-25(12-10-15)21-8-5-17(14-23-21)24-22(26)20-13-19(20)16-3-6-18(27-2)7-4-16/h3-8,14-15,19-20H,9-13H2,1-2H3,(H,24,26). The van der Waals surface area contributed by atoms with Gasteiger partial charge in [0, 0.05) is 19.0 Å². The molecule has 5 heteroatoms. The number of pyridine rings is 1. The van der Waals surface area contributed by atoms with Crippen LogP contribution in [0.1, 0.15) is 37.7 Å². The van der Waals surface area contributed by atoms with Crippen LogP contribution in [0.4, 0.5) is 11.5 Å². The van der Waals surface area contributed by atoms with Crippen LogP contribution in [0.5, 0.6) is 5.75 Å². The van der Waals surface area contributed by atoms with E-state index in [1.807, 2.05) is 36.4 Å². The molecule has 5 nitrogen and oxygen atoms in total. The number of methoxy groups -OCH3 is 1. The van der Waals surface area contributed by atoms with Gasteiger partial charge in [0.15, 0.2) is 0 Å². The number of hydrogen-bond acceptors (Lipinski definition) is 4. The van der Waals surface area contributed by atoms with Gasteiger partial charge in [-0.1, -0.05) is 19.1 Å². The zero-order valence-corrected chi connectivity index (χ0v) is 16.0. The number of carbonyl (C=O) groups excluding carboxylic acids is 1. The smallest absolute Gasteiger partial charge is 0.228 e. The number of piperidine rings is 1. The number of ether oxygens (including phenoxy) is 1. The highest BCUT2D eigenvalue weighted by atomic mass is 16.5. The van der Waals surface area contributed by atoms with Crippen molar-refractivity contribution in [1.82, 2.24) is 4.98 Å². The van der Waals surface area contributed by atoms with Crippen molar-refractivity contribution < 1.29 is 9.53 Å². The molecule has 2 aromatic rings. The number of amides is 1. The van der Waals surface area contributed by atoms with E-state index in [0.717, 1.165) is 42.7 Å². The van der Waals surface area contributed by atoms with Crippen LogP contribution in [-0.4, -0.2) is 31.1 Å². The zero-order valence-electron chi connectivity index (χ0n) is 16.0. The van der Waals surface area contributed by atoms with Gasteiger partial charge in [-0.2, -0.15) is 0 Å². The molecule has 27 heavy (non-hydrogen) atoms. The van der Waals surface area contributed by atoms with Gasteiger partial charge in [0.2, 0.25) is 5.91 Å². The van der Waals surface area contributed by atoms with E-state index in [9.17, 15) is 4.79 Å². The molecule has 1 aliphatic carbocycles. The predicted molar refractivity (Wildman–Crippen MR) is 107 cm³/mol. The van der Waals surface area contributed by atoms with Crippen LogP contribution < -0.4 is 15.0 Å². The van der Waals surface area contributed by atoms with Gasteiger partial charge in [0.05, 0.1) is 19.0 Å². The lowest BCUT2D eigenvalue weighted by molar-refractivity contribution is -0.117. The zero-order chi connectivity index (χ0) is 18.8. The molecule has 0 radical (unpaired) electrons. The number of hydrogen-bond donors (Lipinski definition) is 1. The Morgan fingerprint density at radius 2 is 1.89 bits per heavy atom. The normalized spacial score (nSPS) is 22.4. The number of aromatic nitrogens is 1. The minimum Gasteiger partial charge on any atom is -0.497 e. The summed E-state index contributed by atoms with van der Waals surface area (Å²) in [6, 6.07) is 12.0. The minimum absolute atomic E-state index is 0.0432. The topological polar surface area (TPSA) is 54.5 Å². The van der Waals surface area contributed by atoms with Crippen molar-refractivity contribution in [2.75, 3.05) is 30.4 Å². The molecule has 0 bridgehead atoms. The fourth-order valence-corrected chi connectivity index (χ4v) is 3.82. The van der Waals surface area contributed by atoms with Crippen LogP contribution in [0.25, 0.3) is 0 Å². The van der Waals surface area contributed by atoms with Crippen LogP contribution in [0.2, 0.25) is 0 Å². The molecule has 1 saturated heterocycles. The third-order valence-electron chi connectivity index (χ3n) is 5.79. The number of nitrogens with one attached hydrogen (secondary N) is 1. The van der Waals surface area contributed by atoms with Gasteiger partial charge in [-0.3, -0.25) is 4.79 Å². The maximum absolute atomic E-state index is 12.5. The van der Waals surface area contributed by atoms with Gasteiger partial charge >= 0.3 is 0 Å². The Labute approximate surface area is 160 Å². The number of rotatable bonds is 5. The van der Waals surface area contributed by atoms with Crippen LogP contribution in [0.3, 0.4) is 0 Å². The Hall–Kier alpha value is -2.56. The SMILES string of the molecule is COc1ccc(C2CC2C(=O)Nc2ccc(N3CCC(C)CC3)nc2)cc1. The maximum atomic E-state index is 12.5. The molecule has 1 aromatic carbocycles. The largest absolute Gasteiger partial charge is 0.497 e.